The second-order valence-corrected chi connectivity index (χ2v) is 9.33. The van der Waals surface area contributed by atoms with Gasteiger partial charge >= 0.3 is 0 Å². The second-order valence-electron chi connectivity index (χ2n) is 9.33. The van der Waals surface area contributed by atoms with Gasteiger partial charge in [0.25, 0.3) is 0 Å². The highest BCUT2D eigenvalue weighted by Gasteiger charge is 2.51. The third-order valence-corrected chi connectivity index (χ3v) is 7.03. The maximum atomic E-state index is 13.3. The van der Waals surface area contributed by atoms with Crippen LogP contribution in [0.4, 0.5) is 0 Å². The molecule has 0 unspecified atom stereocenters. The Morgan fingerprint density at radius 2 is 1.89 bits per heavy atom. The van der Waals surface area contributed by atoms with Gasteiger partial charge in [-0.05, 0) is 47.9 Å². The molecule has 2 amide bonds. The second kappa shape index (κ2) is 11.8. The Hall–Kier alpha value is -3.60. The van der Waals surface area contributed by atoms with Crippen LogP contribution in [-0.2, 0) is 22.6 Å². The van der Waals surface area contributed by atoms with Crippen LogP contribution in [0.5, 0.6) is 17.2 Å². The van der Waals surface area contributed by atoms with E-state index >= 15 is 0 Å². The van der Waals surface area contributed by atoms with Gasteiger partial charge in [0.2, 0.25) is 11.8 Å². The molecule has 38 heavy (non-hydrogen) atoms. The summed E-state index contributed by atoms with van der Waals surface area (Å²) in [5.74, 6) is 0.0905. The molecule has 10 nitrogen and oxygen atoms in total. The number of methoxy groups -OCH3 is 2. The zero-order valence-electron chi connectivity index (χ0n) is 21.7. The van der Waals surface area contributed by atoms with Gasteiger partial charge in [0.15, 0.2) is 11.5 Å². The summed E-state index contributed by atoms with van der Waals surface area (Å²) in [6, 6.07) is 10.1. The average molecular weight is 527 g/mol. The summed E-state index contributed by atoms with van der Waals surface area (Å²) in [7, 11) is 3.06. The molecule has 2 aromatic carbocycles. The Kier molecular flexibility index (Phi) is 8.55. The fraction of sp³-hybridized carbons (Fsp3) is 0.429. The zero-order valence-corrected chi connectivity index (χ0v) is 21.7. The summed E-state index contributed by atoms with van der Waals surface area (Å²) in [6.45, 7) is 1.26. The SMILES string of the molecule is COc1cccc(CCN(C(C)=O)[C@@H]2C=C(C(=O)NCCO)[C@@H]3c4cc(CO)cc(OC)c4O[C@@H]3[C@H]2O)c1. The first-order valence-corrected chi connectivity index (χ1v) is 12.5. The standard InChI is InChI=1S/C28H34N2O8/c1-16(33)30(9-7-17-5-4-6-19(11-17)36-2)22-14-21(28(35)29-8-10-31)24-20-12-18(15-32)13-23(37-3)26(20)38-27(24)25(22)34/h4-6,11-14,22,24-25,27,31-32,34H,7-10,15H2,1-3H3,(H,29,35)/t22-,24+,25+,27+/m1/s1. The molecule has 1 heterocycles. The van der Waals surface area contributed by atoms with Crippen LogP contribution in [0.2, 0.25) is 0 Å². The predicted octanol–water partition coefficient (Wildman–Crippen LogP) is 0.910. The van der Waals surface area contributed by atoms with E-state index in [1.54, 1.807) is 25.3 Å². The molecule has 4 rings (SSSR count). The first kappa shape index (κ1) is 27.4. The Morgan fingerprint density at radius 1 is 1.11 bits per heavy atom. The van der Waals surface area contributed by atoms with Crippen molar-refractivity contribution >= 4 is 11.8 Å². The van der Waals surface area contributed by atoms with Crippen molar-refractivity contribution in [1.82, 2.24) is 10.2 Å². The first-order valence-electron chi connectivity index (χ1n) is 12.5. The van der Waals surface area contributed by atoms with Crippen LogP contribution in [0.25, 0.3) is 0 Å². The number of nitrogens with one attached hydrogen (secondary N) is 1. The van der Waals surface area contributed by atoms with Gasteiger partial charge < -0.3 is 39.7 Å². The maximum absolute atomic E-state index is 13.3. The van der Waals surface area contributed by atoms with Crippen LogP contribution in [0.3, 0.4) is 0 Å². The van der Waals surface area contributed by atoms with Crippen LogP contribution in [0, 0.1) is 0 Å². The molecule has 1 aliphatic carbocycles. The molecular weight excluding hydrogens is 492 g/mol. The van der Waals surface area contributed by atoms with Gasteiger partial charge in [-0.2, -0.15) is 0 Å². The molecule has 10 heteroatoms. The highest BCUT2D eigenvalue weighted by atomic mass is 16.5. The lowest BCUT2D eigenvalue weighted by atomic mass is 9.77. The lowest BCUT2D eigenvalue weighted by Gasteiger charge is -2.40. The monoisotopic (exact) mass is 526 g/mol. The number of rotatable bonds is 10. The van der Waals surface area contributed by atoms with E-state index in [-0.39, 0.29) is 32.2 Å². The van der Waals surface area contributed by atoms with Gasteiger partial charge in [0.1, 0.15) is 18.0 Å². The van der Waals surface area contributed by atoms with Crippen LogP contribution in [0.1, 0.15) is 29.5 Å². The molecule has 0 aromatic heterocycles. The lowest BCUT2D eigenvalue weighted by molar-refractivity contribution is -0.134. The number of hydrogen-bond acceptors (Lipinski definition) is 8. The smallest absolute Gasteiger partial charge is 0.247 e. The molecule has 2 aliphatic rings. The highest BCUT2D eigenvalue weighted by molar-refractivity contribution is 5.96. The van der Waals surface area contributed by atoms with E-state index in [9.17, 15) is 24.9 Å². The largest absolute Gasteiger partial charge is 0.497 e. The molecular formula is C28H34N2O8. The summed E-state index contributed by atoms with van der Waals surface area (Å²) in [6.07, 6.45) is 0.0832. The fourth-order valence-electron chi connectivity index (χ4n) is 5.21. The minimum atomic E-state index is -1.15. The lowest BCUT2D eigenvalue weighted by Crippen LogP contribution is -2.55. The molecule has 0 radical (unpaired) electrons. The van der Waals surface area contributed by atoms with Crippen LogP contribution in [0.15, 0.2) is 48.0 Å². The van der Waals surface area contributed by atoms with E-state index in [2.05, 4.69) is 5.32 Å². The summed E-state index contributed by atoms with van der Waals surface area (Å²) in [5, 5.41) is 33.2. The van der Waals surface area contributed by atoms with Gasteiger partial charge in [0.05, 0.1) is 39.4 Å². The fourth-order valence-corrected chi connectivity index (χ4v) is 5.21. The van der Waals surface area contributed by atoms with Crippen molar-refractivity contribution in [3.05, 3.63) is 64.7 Å². The third-order valence-electron chi connectivity index (χ3n) is 7.03. The van der Waals surface area contributed by atoms with E-state index in [0.29, 0.717) is 40.4 Å². The van der Waals surface area contributed by atoms with E-state index in [0.717, 1.165) is 5.56 Å². The van der Waals surface area contributed by atoms with E-state index in [1.807, 2.05) is 24.3 Å². The summed E-state index contributed by atoms with van der Waals surface area (Å²) < 4.78 is 17.0. The Morgan fingerprint density at radius 3 is 2.55 bits per heavy atom. The summed E-state index contributed by atoms with van der Waals surface area (Å²) in [4.78, 5) is 27.6. The van der Waals surface area contributed by atoms with Crippen LogP contribution >= 0.6 is 0 Å². The molecule has 4 atom stereocenters. The van der Waals surface area contributed by atoms with Gasteiger partial charge in [-0.3, -0.25) is 9.59 Å². The maximum Gasteiger partial charge on any atom is 0.247 e. The van der Waals surface area contributed by atoms with Crippen LogP contribution in [-0.4, -0.2) is 84.2 Å². The van der Waals surface area contributed by atoms with Crippen molar-refractivity contribution in [3.8, 4) is 17.2 Å². The van der Waals surface area contributed by atoms with Gasteiger partial charge in [-0.15, -0.1) is 0 Å². The number of aliphatic hydroxyl groups is 3. The Bertz CT molecular complexity index is 1210. The number of fused-ring (bicyclic) bond motifs is 3. The number of nitrogens with zero attached hydrogens (tertiary/aromatic N) is 1. The molecule has 4 N–H and O–H groups in total. The minimum absolute atomic E-state index is 0.0424. The van der Waals surface area contributed by atoms with Gasteiger partial charge in [-0.1, -0.05) is 12.1 Å². The molecule has 0 bridgehead atoms. The van der Waals surface area contributed by atoms with E-state index in [1.165, 1.54) is 18.9 Å². The average Bonchev–Trinajstić information content (AvgIpc) is 3.32. The van der Waals surface area contributed by atoms with Crippen molar-refractivity contribution < 1.29 is 39.1 Å². The molecule has 0 saturated carbocycles. The van der Waals surface area contributed by atoms with Crippen molar-refractivity contribution in [1.29, 1.82) is 0 Å². The molecule has 1 aliphatic heterocycles. The topological polar surface area (TPSA) is 138 Å². The predicted molar refractivity (Wildman–Crippen MR) is 138 cm³/mol. The van der Waals surface area contributed by atoms with E-state index < -0.39 is 30.1 Å². The highest BCUT2D eigenvalue weighted by Crippen LogP contribution is 2.51. The van der Waals surface area contributed by atoms with E-state index in [4.69, 9.17) is 14.2 Å². The van der Waals surface area contributed by atoms with Crippen molar-refractivity contribution in [2.45, 2.75) is 44.1 Å². The Labute approximate surface area is 221 Å². The zero-order chi connectivity index (χ0) is 27.4. The van der Waals surface area contributed by atoms with Crippen LogP contribution < -0.4 is 19.5 Å². The molecule has 204 valence electrons. The Balaban J connectivity index is 1.72. The number of hydrogen-bond donors (Lipinski definition) is 4. The van der Waals surface area contributed by atoms with Crippen molar-refractivity contribution in [2.75, 3.05) is 33.9 Å². The van der Waals surface area contributed by atoms with Crippen molar-refractivity contribution in [3.63, 3.8) is 0 Å². The number of ether oxygens (including phenoxy) is 3. The summed E-state index contributed by atoms with van der Waals surface area (Å²) >= 11 is 0. The minimum Gasteiger partial charge on any atom is -0.497 e. The number of amides is 2. The molecule has 2 aromatic rings. The number of aliphatic hydroxyl groups excluding tert-OH is 3. The number of benzene rings is 2. The quantitative estimate of drug-likeness (QED) is 0.359. The van der Waals surface area contributed by atoms with Gasteiger partial charge in [0, 0.05) is 31.1 Å². The van der Waals surface area contributed by atoms with Crippen molar-refractivity contribution in [2.24, 2.45) is 0 Å². The first-order chi connectivity index (χ1) is 18.3. The summed E-state index contributed by atoms with van der Waals surface area (Å²) in [5.41, 5.74) is 2.43. The van der Waals surface area contributed by atoms with Gasteiger partial charge in [-0.25, -0.2) is 0 Å². The number of carbonyl (C=O) groups is 2. The normalized spacial score (nSPS) is 21.5. The third kappa shape index (κ3) is 5.33. The molecule has 0 saturated heterocycles. The molecule has 0 spiro atoms. The molecule has 0 fully saturated rings. The number of carbonyl (C=O) groups excluding carboxylic acids is 2.